The van der Waals surface area contributed by atoms with E-state index in [4.69, 9.17) is 5.41 Å². The fourth-order valence-electron chi connectivity index (χ4n) is 0.125. The minimum Gasteiger partial charge on any atom is -0.452 e. The highest BCUT2D eigenvalue weighted by molar-refractivity contribution is 5.69. The normalized spacial score (nSPS) is 6.83. The predicted octanol–water partition coefficient (Wildman–Crippen LogP) is 1.14. The highest BCUT2D eigenvalue weighted by Gasteiger charge is 1.72. The molecular formula is C4H7NO. The minimum absolute atomic E-state index is 0.171. The van der Waals surface area contributed by atoms with Crippen molar-refractivity contribution in [3.8, 4) is 0 Å². The molecule has 0 spiro atoms. The molecule has 0 heterocycles. The van der Waals surface area contributed by atoms with Crippen LogP contribution >= 0.6 is 0 Å². The molecule has 0 aliphatic heterocycles. The molecule has 0 atom stereocenters. The van der Waals surface area contributed by atoms with Gasteiger partial charge in [-0.05, 0) is 0 Å². The van der Waals surface area contributed by atoms with Crippen LogP contribution in [0.2, 0.25) is 0 Å². The molecule has 2 nitrogen and oxygen atoms in total. The maximum atomic E-state index is 6.60. The molecule has 0 aromatic rings. The third-order valence-electron chi connectivity index (χ3n) is 0.260. The van der Waals surface area contributed by atoms with Crippen molar-refractivity contribution in [3.63, 3.8) is 0 Å². The van der Waals surface area contributed by atoms with E-state index in [2.05, 4.69) is 11.3 Å². The topological polar surface area (TPSA) is 33.1 Å². The van der Waals surface area contributed by atoms with Gasteiger partial charge in [-0.15, -0.1) is 0 Å². The molecule has 0 saturated heterocycles. The Labute approximate surface area is 36.9 Å². The third-order valence-corrected chi connectivity index (χ3v) is 0.260. The lowest BCUT2D eigenvalue weighted by Crippen LogP contribution is -1.85. The van der Waals surface area contributed by atoms with Gasteiger partial charge in [-0.3, -0.25) is 5.41 Å². The molecule has 0 aromatic carbocycles. The maximum absolute atomic E-state index is 6.60. The van der Waals surface area contributed by atoms with E-state index in [0.29, 0.717) is 0 Å². The number of ether oxygens (including phenoxy) is 1. The SMILES string of the molecule is C=COC(C)=N. The van der Waals surface area contributed by atoms with Crippen LogP contribution in [0.1, 0.15) is 6.92 Å². The molecular weight excluding hydrogens is 78.0 g/mol. The molecule has 2 heteroatoms. The Hall–Kier alpha value is -0.790. The lowest BCUT2D eigenvalue weighted by atomic mass is 10.8. The third kappa shape index (κ3) is 3.21. The number of nitrogens with one attached hydrogen (secondary N) is 1. The molecule has 0 bridgehead atoms. The van der Waals surface area contributed by atoms with E-state index in [9.17, 15) is 0 Å². The Bertz CT molecular complexity index is 67.9. The fraction of sp³-hybridized carbons (Fsp3) is 0.250. The average Bonchev–Trinajstić information content (AvgIpc) is 1.35. The zero-order valence-electron chi connectivity index (χ0n) is 3.69. The Morgan fingerprint density at radius 2 is 2.50 bits per heavy atom. The van der Waals surface area contributed by atoms with E-state index in [1.54, 1.807) is 6.92 Å². The molecule has 0 radical (unpaired) electrons. The highest BCUT2D eigenvalue weighted by atomic mass is 16.5. The summed E-state index contributed by atoms with van der Waals surface area (Å²) >= 11 is 0. The van der Waals surface area contributed by atoms with Gasteiger partial charge in [-0.2, -0.15) is 0 Å². The van der Waals surface area contributed by atoms with Crippen molar-refractivity contribution in [2.45, 2.75) is 6.92 Å². The minimum atomic E-state index is 0.171. The van der Waals surface area contributed by atoms with Crippen molar-refractivity contribution in [1.29, 1.82) is 5.41 Å². The van der Waals surface area contributed by atoms with Crippen LogP contribution in [-0.4, -0.2) is 5.90 Å². The van der Waals surface area contributed by atoms with Crippen molar-refractivity contribution < 1.29 is 4.74 Å². The summed E-state index contributed by atoms with van der Waals surface area (Å²) in [5, 5.41) is 6.60. The summed E-state index contributed by atoms with van der Waals surface area (Å²) in [6.07, 6.45) is 1.22. The summed E-state index contributed by atoms with van der Waals surface area (Å²) in [7, 11) is 0. The summed E-state index contributed by atoms with van der Waals surface area (Å²) in [5.74, 6) is 0.171. The zero-order valence-corrected chi connectivity index (χ0v) is 3.69. The van der Waals surface area contributed by atoms with Crippen LogP contribution in [0.15, 0.2) is 12.8 Å². The van der Waals surface area contributed by atoms with Crippen molar-refractivity contribution in [1.82, 2.24) is 0 Å². The van der Waals surface area contributed by atoms with Gasteiger partial charge in [-0.25, -0.2) is 0 Å². The Morgan fingerprint density at radius 3 is 2.50 bits per heavy atom. The zero-order chi connectivity index (χ0) is 4.99. The first-order valence-electron chi connectivity index (χ1n) is 1.60. The van der Waals surface area contributed by atoms with Crippen LogP contribution in [-0.2, 0) is 4.74 Å². The average molecular weight is 85.1 g/mol. The van der Waals surface area contributed by atoms with Gasteiger partial charge < -0.3 is 4.74 Å². The summed E-state index contributed by atoms with van der Waals surface area (Å²) in [6, 6.07) is 0. The summed E-state index contributed by atoms with van der Waals surface area (Å²) in [6.45, 7) is 4.78. The van der Waals surface area contributed by atoms with E-state index in [1.807, 2.05) is 0 Å². The van der Waals surface area contributed by atoms with Gasteiger partial charge in [0.05, 0.1) is 6.26 Å². The molecule has 0 saturated carbocycles. The molecule has 0 unspecified atom stereocenters. The van der Waals surface area contributed by atoms with E-state index in [-0.39, 0.29) is 5.90 Å². The van der Waals surface area contributed by atoms with Crippen molar-refractivity contribution in [2.24, 2.45) is 0 Å². The van der Waals surface area contributed by atoms with Crippen LogP contribution in [0.4, 0.5) is 0 Å². The van der Waals surface area contributed by atoms with Crippen LogP contribution in [0, 0.1) is 5.41 Å². The first-order valence-corrected chi connectivity index (χ1v) is 1.60. The Balaban J connectivity index is 3.05. The van der Waals surface area contributed by atoms with Crippen LogP contribution in [0.5, 0.6) is 0 Å². The molecule has 1 N–H and O–H groups in total. The van der Waals surface area contributed by atoms with E-state index >= 15 is 0 Å². The van der Waals surface area contributed by atoms with E-state index in [0.717, 1.165) is 0 Å². The first kappa shape index (κ1) is 5.21. The van der Waals surface area contributed by atoms with Crippen LogP contribution in [0.25, 0.3) is 0 Å². The van der Waals surface area contributed by atoms with Gasteiger partial charge in [0.25, 0.3) is 0 Å². The number of rotatable bonds is 1. The molecule has 0 aliphatic rings. The summed E-state index contributed by atoms with van der Waals surface area (Å²) in [4.78, 5) is 0. The molecule has 0 aromatic heterocycles. The van der Waals surface area contributed by atoms with Gasteiger partial charge in [0.2, 0.25) is 0 Å². The monoisotopic (exact) mass is 85.1 g/mol. The number of hydrogen-bond donors (Lipinski definition) is 1. The number of hydrogen-bond acceptors (Lipinski definition) is 2. The standard InChI is InChI=1S/C4H7NO/c1-3-6-4(2)5/h3,5H,1H2,2H3. The smallest absolute Gasteiger partial charge is 0.183 e. The van der Waals surface area contributed by atoms with Crippen molar-refractivity contribution >= 4 is 5.90 Å². The quantitative estimate of drug-likeness (QED) is 0.289. The van der Waals surface area contributed by atoms with E-state index < -0.39 is 0 Å². The predicted molar refractivity (Wildman–Crippen MR) is 24.7 cm³/mol. The lowest BCUT2D eigenvalue weighted by molar-refractivity contribution is 0.466. The van der Waals surface area contributed by atoms with Gasteiger partial charge in [0.15, 0.2) is 5.90 Å². The highest BCUT2D eigenvalue weighted by Crippen LogP contribution is 1.71. The Kier molecular flexibility index (Phi) is 2.13. The van der Waals surface area contributed by atoms with Gasteiger partial charge >= 0.3 is 0 Å². The van der Waals surface area contributed by atoms with Crippen LogP contribution < -0.4 is 0 Å². The molecule has 0 fully saturated rings. The molecule has 0 aliphatic carbocycles. The van der Waals surface area contributed by atoms with Gasteiger partial charge in [0, 0.05) is 6.92 Å². The second kappa shape index (κ2) is 2.45. The summed E-state index contributed by atoms with van der Waals surface area (Å²) < 4.78 is 4.39. The summed E-state index contributed by atoms with van der Waals surface area (Å²) in [5.41, 5.74) is 0. The fourth-order valence-corrected chi connectivity index (χ4v) is 0.125. The molecule has 0 amide bonds. The van der Waals surface area contributed by atoms with Gasteiger partial charge in [0.1, 0.15) is 0 Å². The van der Waals surface area contributed by atoms with Crippen LogP contribution in [0.3, 0.4) is 0 Å². The Morgan fingerprint density at radius 1 is 2.00 bits per heavy atom. The van der Waals surface area contributed by atoms with Crippen molar-refractivity contribution in [2.75, 3.05) is 0 Å². The second-order valence-corrected chi connectivity index (χ2v) is 0.841. The van der Waals surface area contributed by atoms with Gasteiger partial charge in [-0.1, -0.05) is 6.58 Å². The molecule has 0 rings (SSSR count). The maximum Gasteiger partial charge on any atom is 0.183 e. The molecule has 34 valence electrons. The van der Waals surface area contributed by atoms with Crippen molar-refractivity contribution in [3.05, 3.63) is 12.8 Å². The molecule has 6 heavy (non-hydrogen) atoms. The van der Waals surface area contributed by atoms with E-state index in [1.165, 1.54) is 6.26 Å². The second-order valence-electron chi connectivity index (χ2n) is 0.841. The lowest BCUT2D eigenvalue weighted by Gasteiger charge is -1.87. The first-order chi connectivity index (χ1) is 2.77. The largest absolute Gasteiger partial charge is 0.452 e.